The summed E-state index contributed by atoms with van der Waals surface area (Å²) in [7, 11) is 0. The SMILES string of the molecule is Cc1cc(CNc2nc(Cl)nc(C)c2[N+](=O)[O-])sc1C. The predicted octanol–water partition coefficient (Wildman–Crippen LogP) is 3.64. The topological polar surface area (TPSA) is 81.0 Å². The third-order valence-electron chi connectivity index (χ3n) is 2.86. The number of anilines is 1. The van der Waals surface area contributed by atoms with Crippen LogP contribution in [0, 0.1) is 30.9 Å². The Kier molecular flexibility index (Phi) is 4.20. The van der Waals surface area contributed by atoms with E-state index >= 15 is 0 Å². The van der Waals surface area contributed by atoms with Gasteiger partial charge in [0.05, 0.1) is 11.5 Å². The summed E-state index contributed by atoms with van der Waals surface area (Å²) in [6.07, 6.45) is 0. The van der Waals surface area contributed by atoms with Crippen LogP contribution in [0.5, 0.6) is 0 Å². The van der Waals surface area contributed by atoms with Crippen LogP contribution >= 0.6 is 22.9 Å². The van der Waals surface area contributed by atoms with E-state index in [1.807, 2.05) is 13.8 Å². The maximum Gasteiger partial charge on any atom is 0.332 e. The van der Waals surface area contributed by atoms with E-state index in [4.69, 9.17) is 11.6 Å². The van der Waals surface area contributed by atoms with E-state index in [9.17, 15) is 10.1 Å². The molecule has 0 aliphatic rings. The van der Waals surface area contributed by atoms with Gasteiger partial charge in [0.2, 0.25) is 11.1 Å². The summed E-state index contributed by atoms with van der Waals surface area (Å²) in [6.45, 7) is 6.07. The first-order valence-corrected chi connectivity index (χ1v) is 7.06. The van der Waals surface area contributed by atoms with Crippen LogP contribution in [-0.2, 0) is 6.54 Å². The van der Waals surface area contributed by atoms with Crippen LogP contribution in [0.15, 0.2) is 6.07 Å². The smallest absolute Gasteiger partial charge is 0.332 e. The van der Waals surface area contributed by atoms with Gasteiger partial charge in [0, 0.05) is 9.75 Å². The number of nitro groups is 1. The van der Waals surface area contributed by atoms with Crippen LogP contribution < -0.4 is 5.32 Å². The maximum atomic E-state index is 11.1. The lowest BCUT2D eigenvalue weighted by Gasteiger charge is -2.06. The van der Waals surface area contributed by atoms with Crippen molar-refractivity contribution in [2.45, 2.75) is 27.3 Å². The minimum absolute atomic E-state index is 0.00543. The highest BCUT2D eigenvalue weighted by atomic mass is 35.5. The summed E-state index contributed by atoms with van der Waals surface area (Å²) in [6, 6.07) is 2.05. The van der Waals surface area contributed by atoms with Crippen molar-refractivity contribution in [1.82, 2.24) is 9.97 Å². The molecule has 0 radical (unpaired) electrons. The molecule has 0 amide bonds. The number of hydrogen-bond donors (Lipinski definition) is 1. The van der Waals surface area contributed by atoms with Crippen molar-refractivity contribution in [1.29, 1.82) is 0 Å². The summed E-state index contributed by atoms with van der Waals surface area (Å²) in [5, 5.41) is 14.0. The molecule has 0 spiro atoms. The molecule has 20 heavy (non-hydrogen) atoms. The first-order valence-electron chi connectivity index (χ1n) is 5.86. The number of hydrogen-bond acceptors (Lipinski definition) is 6. The number of aryl methyl sites for hydroxylation is 3. The highest BCUT2D eigenvalue weighted by Crippen LogP contribution is 2.28. The molecule has 0 fully saturated rings. The standard InChI is InChI=1S/C12H13ClN4O2S/c1-6-4-9(20-8(6)3)5-14-11-10(17(18)19)7(2)15-12(13)16-11/h4H,5H2,1-3H3,(H,14,15,16). The highest BCUT2D eigenvalue weighted by molar-refractivity contribution is 7.12. The first kappa shape index (κ1) is 14.7. The molecule has 0 saturated carbocycles. The second-order valence-electron chi connectivity index (χ2n) is 4.34. The molecule has 0 saturated heterocycles. The Balaban J connectivity index is 2.26. The van der Waals surface area contributed by atoms with E-state index in [0.29, 0.717) is 6.54 Å². The second-order valence-corrected chi connectivity index (χ2v) is 6.02. The third-order valence-corrected chi connectivity index (χ3v) is 4.18. The first-order chi connectivity index (χ1) is 9.38. The van der Waals surface area contributed by atoms with Crippen LogP contribution in [0.2, 0.25) is 5.28 Å². The molecule has 8 heteroatoms. The molecule has 2 rings (SSSR count). The fourth-order valence-electron chi connectivity index (χ4n) is 1.78. The predicted molar refractivity (Wildman–Crippen MR) is 79.6 cm³/mol. The molecule has 0 unspecified atom stereocenters. The maximum absolute atomic E-state index is 11.1. The minimum atomic E-state index is -0.501. The van der Waals surface area contributed by atoms with Gasteiger partial charge in [-0.1, -0.05) is 0 Å². The molecule has 0 aliphatic carbocycles. The lowest BCUT2D eigenvalue weighted by molar-refractivity contribution is -0.385. The molecular formula is C12H13ClN4O2S. The van der Waals surface area contributed by atoms with Crippen LogP contribution in [0.3, 0.4) is 0 Å². The van der Waals surface area contributed by atoms with Gasteiger partial charge in [-0.3, -0.25) is 10.1 Å². The van der Waals surface area contributed by atoms with E-state index in [1.54, 1.807) is 11.3 Å². The Morgan fingerprint density at radius 2 is 2.10 bits per heavy atom. The Bertz CT molecular complexity index is 652. The Labute approximate surface area is 125 Å². The molecule has 0 aromatic carbocycles. The normalized spacial score (nSPS) is 10.6. The quantitative estimate of drug-likeness (QED) is 0.529. The number of thiophene rings is 1. The molecule has 2 aromatic rings. The highest BCUT2D eigenvalue weighted by Gasteiger charge is 2.21. The molecular weight excluding hydrogens is 300 g/mol. The van der Waals surface area contributed by atoms with Crippen LogP contribution in [0.4, 0.5) is 11.5 Å². The lowest BCUT2D eigenvalue weighted by atomic mass is 10.3. The number of halogens is 1. The second kappa shape index (κ2) is 5.72. The summed E-state index contributed by atoms with van der Waals surface area (Å²) >= 11 is 7.40. The molecule has 0 aliphatic heterocycles. The average molecular weight is 313 g/mol. The van der Waals surface area contributed by atoms with Gasteiger partial charge in [0.15, 0.2) is 0 Å². The zero-order valence-corrected chi connectivity index (χ0v) is 12.8. The van der Waals surface area contributed by atoms with Crippen LogP contribution in [0.1, 0.15) is 21.0 Å². The number of nitrogens with zero attached hydrogens (tertiary/aromatic N) is 3. The molecule has 2 heterocycles. The number of rotatable bonds is 4. The van der Waals surface area contributed by atoms with E-state index in [0.717, 1.165) is 4.88 Å². The number of nitrogens with one attached hydrogen (secondary N) is 1. The Hall–Kier alpha value is -1.73. The molecule has 6 nitrogen and oxygen atoms in total. The van der Waals surface area contributed by atoms with Crippen molar-refractivity contribution >= 4 is 34.4 Å². The third kappa shape index (κ3) is 3.05. The van der Waals surface area contributed by atoms with Crippen LogP contribution in [-0.4, -0.2) is 14.9 Å². The van der Waals surface area contributed by atoms with Gasteiger partial charge in [-0.2, -0.15) is 4.98 Å². The minimum Gasteiger partial charge on any atom is -0.359 e. The van der Waals surface area contributed by atoms with E-state index in [2.05, 4.69) is 21.4 Å². The van der Waals surface area contributed by atoms with Gasteiger partial charge in [0.25, 0.3) is 0 Å². The Morgan fingerprint density at radius 1 is 1.40 bits per heavy atom. The van der Waals surface area contributed by atoms with Gasteiger partial charge in [-0.15, -0.1) is 11.3 Å². The average Bonchev–Trinajstić information content (AvgIpc) is 2.64. The molecule has 2 aromatic heterocycles. The van der Waals surface area contributed by atoms with Gasteiger partial charge in [-0.25, -0.2) is 4.98 Å². The van der Waals surface area contributed by atoms with E-state index < -0.39 is 4.92 Å². The monoisotopic (exact) mass is 312 g/mol. The van der Waals surface area contributed by atoms with Crippen molar-refractivity contribution in [2.24, 2.45) is 0 Å². The molecule has 0 bridgehead atoms. The van der Waals surface area contributed by atoms with E-state index in [-0.39, 0.29) is 22.5 Å². The van der Waals surface area contributed by atoms with Gasteiger partial charge >= 0.3 is 5.69 Å². The summed E-state index contributed by atoms with van der Waals surface area (Å²) < 4.78 is 0. The van der Waals surface area contributed by atoms with E-state index in [1.165, 1.54) is 17.4 Å². The van der Waals surface area contributed by atoms with Crippen molar-refractivity contribution < 1.29 is 4.92 Å². The Morgan fingerprint density at radius 3 is 2.65 bits per heavy atom. The summed E-state index contributed by atoms with van der Waals surface area (Å²) in [5.74, 6) is 0.149. The lowest BCUT2D eigenvalue weighted by Crippen LogP contribution is -2.07. The van der Waals surface area contributed by atoms with Crippen molar-refractivity contribution in [3.8, 4) is 0 Å². The van der Waals surface area contributed by atoms with Gasteiger partial charge < -0.3 is 5.32 Å². The number of aromatic nitrogens is 2. The van der Waals surface area contributed by atoms with Crippen molar-refractivity contribution in [2.75, 3.05) is 5.32 Å². The van der Waals surface area contributed by atoms with Crippen LogP contribution in [0.25, 0.3) is 0 Å². The zero-order valence-electron chi connectivity index (χ0n) is 11.2. The van der Waals surface area contributed by atoms with Crippen molar-refractivity contribution in [3.05, 3.63) is 42.5 Å². The zero-order chi connectivity index (χ0) is 14.9. The summed E-state index contributed by atoms with van der Waals surface area (Å²) in [5.41, 5.74) is 1.31. The largest absolute Gasteiger partial charge is 0.359 e. The fraction of sp³-hybridized carbons (Fsp3) is 0.333. The van der Waals surface area contributed by atoms with Crippen molar-refractivity contribution in [3.63, 3.8) is 0 Å². The molecule has 0 atom stereocenters. The van der Waals surface area contributed by atoms with Gasteiger partial charge in [0.1, 0.15) is 5.69 Å². The fourth-order valence-corrected chi connectivity index (χ4v) is 2.99. The van der Waals surface area contributed by atoms with Gasteiger partial charge in [-0.05, 0) is 44.0 Å². The molecule has 106 valence electrons. The molecule has 1 N–H and O–H groups in total. The summed E-state index contributed by atoms with van der Waals surface area (Å²) in [4.78, 5) is 20.6.